The summed E-state index contributed by atoms with van der Waals surface area (Å²) in [5.41, 5.74) is -2.26. The normalized spacial score (nSPS) is 12.9. The maximum atomic E-state index is 13.9. The SMILES string of the molecule is CCC(CO)CCn1c(C(=O)NCc2cc(C(F)(F)F)cc(C(F)(F)F)c2)c(-c2ccc(C)cc2)c2cccnc2c1=O. The molecule has 0 aliphatic rings. The second kappa shape index (κ2) is 12.6. The van der Waals surface area contributed by atoms with Gasteiger partial charge in [-0.25, -0.2) is 0 Å². The Morgan fingerprint density at radius 2 is 1.63 bits per heavy atom. The maximum absolute atomic E-state index is 13.9. The van der Waals surface area contributed by atoms with Gasteiger partial charge in [-0.1, -0.05) is 49.2 Å². The van der Waals surface area contributed by atoms with Gasteiger partial charge in [-0.3, -0.25) is 14.6 Å². The van der Waals surface area contributed by atoms with Crippen molar-refractivity contribution in [3.8, 4) is 11.1 Å². The number of nitrogens with zero attached hydrogens (tertiary/aromatic N) is 2. The van der Waals surface area contributed by atoms with Crippen molar-refractivity contribution in [3.05, 3.63) is 99.1 Å². The van der Waals surface area contributed by atoms with Gasteiger partial charge in [-0.2, -0.15) is 26.3 Å². The average Bonchev–Trinajstić information content (AvgIpc) is 2.96. The Kier molecular flexibility index (Phi) is 9.29. The van der Waals surface area contributed by atoms with Crippen LogP contribution in [0, 0.1) is 12.8 Å². The van der Waals surface area contributed by atoms with Crippen LogP contribution in [0.25, 0.3) is 22.0 Å². The van der Waals surface area contributed by atoms with Crippen LogP contribution in [0.5, 0.6) is 0 Å². The highest BCUT2D eigenvalue weighted by Crippen LogP contribution is 2.36. The van der Waals surface area contributed by atoms with E-state index in [-0.39, 0.29) is 36.3 Å². The molecule has 0 saturated heterocycles. The number of hydrogen-bond donors (Lipinski definition) is 2. The van der Waals surface area contributed by atoms with Crippen LogP contribution in [0.3, 0.4) is 0 Å². The molecule has 12 heteroatoms. The van der Waals surface area contributed by atoms with Gasteiger partial charge in [0.05, 0.1) is 11.1 Å². The van der Waals surface area contributed by atoms with Gasteiger partial charge in [-0.05, 0) is 54.7 Å². The zero-order valence-electron chi connectivity index (χ0n) is 23.3. The second-order valence-electron chi connectivity index (χ2n) is 10.3. The minimum atomic E-state index is -5.05. The number of hydrogen-bond acceptors (Lipinski definition) is 4. The maximum Gasteiger partial charge on any atom is 0.416 e. The van der Waals surface area contributed by atoms with Crippen molar-refractivity contribution in [2.45, 2.75) is 52.1 Å². The highest BCUT2D eigenvalue weighted by atomic mass is 19.4. The summed E-state index contributed by atoms with van der Waals surface area (Å²) in [6.45, 7) is 2.91. The molecule has 4 aromatic rings. The molecule has 1 atom stereocenters. The first-order valence-corrected chi connectivity index (χ1v) is 13.5. The highest BCUT2D eigenvalue weighted by molar-refractivity contribution is 6.07. The number of carbonyl (C=O) groups is 1. The fourth-order valence-corrected chi connectivity index (χ4v) is 4.85. The molecule has 0 bridgehead atoms. The van der Waals surface area contributed by atoms with Gasteiger partial charge < -0.3 is 15.0 Å². The van der Waals surface area contributed by atoms with Crippen LogP contribution in [0.4, 0.5) is 26.3 Å². The molecule has 4 rings (SSSR count). The average molecular weight is 606 g/mol. The van der Waals surface area contributed by atoms with Crippen LogP contribution in [0.15, 0.2) is 65.6 Å². The summed E-state index contributed by atoms with van der Waals surface area (Å²) < 4.78 is 81.7. The van der Waals surface area contributed by atoms with E-state index in [1.54, 1.807) is 36.4 Å². The molecule has 2 aromatic carbocycles. The number of fused-ring (bicyclic) bond motifs is 1. The zero-order valence-corrected chi connectivity index (χ0v) is 23.3. The number of rotatable bonds is 9. The number of pyridine rings is 2. The number of aliphatic hydroxyl groups excluding tert-OH is 1. The molecule has 228 valence electrons. The summed E-state index contributed by atoms with van der Waals surface area (Å²) >= 11 is 0. The third-order valence-electron chi connectivity index (χ3n) is 7.28. The lowest BCUT2D eigenvalue weighted by Gasteiger charge is -2.21. The standard InChI is InChI=1S/C31H29F6N3O3/c1-3-19(17-41)10-12-40-27(25(21-8-6-18(2)7-9-21)24-5-4-11-38-26(24)29(40)43)28(42)39-16-20-13-22(30(32,33)34)15-23(14-20)31(35,36)37/h4-9,11,13-15,19,41H,3,10,12,16-17H2,1-2H3,(H,39,42). The van der Waals surface area contributed by atoms with Crippen molar-refractivity contribution in [1.82, 2.24) is 14.9 Å². The quantitative estimate of drug-likeness (QED) is 0.207. The number of nitrogens with one attached hydrogen (secondary N) is 1. The molecule has 0 fully saturated rings. The van der Waals surface area contributed by atoms with Gasteiger partial charge >= 0.3 is 12.4 Å². The molecular weight excluding hydrogens is 576 g/mol. The third-order valence-corrected chi connectivity index (χ3v) is 7.28. The number of amides is 1. The van der Waals surface area contributed by atoms with Crippen LogP contribution in [-0.4, -0.2) is 27.2 Å². The second-order valence-corrected chi connectivity index (χ2v) is 10.3. The highest BCUT2D eigenvalue weighted by Gasteiger charge is 2.37. The van der Waals surface area contributed by atoms with E-state index in [9.17, 15) is 41.0 Å². The third kappa shape index (κ3) is 7.07. The van der Waals surface area contributed by atoms with E-state index >= 15 is 0 Å². The Labute approximate surface area is 243 Å². The van der Waals surface area contributed by atoms with Gasteiger partial charge in [0.25, 0.3) is 11.5 Å². The van der Waals surface area contributed by atoms with Gasteiger partial charge in [0.1, 0.15) is 11.2 Å². The Morgan fingerprint density at radius 3 is 2.19 bits per heavy atom. The largest absolute Gasteiger partial charge is 0.416 e. The molecule has 0 radical (unpaired) electrons. The minimum Gasteiger partial charge on any atom is -0.396 e. The van der Waals surface area contributed by atoms with Crippen LogP contribution in [0.2, 0.25) is 0 Å². The van der Waals surface area contributed by atoms with E-state index in [1.165, 1.54) is 10.8 Å². The topological polar surface area (TPSA) is 84.2 Å². The predicted octanol–water partition coefficient (Wildman–Crippen LogP) is 6.75. The summed E-state index contributed by atoms with van der Waals surface area (Å²) in [7, 11) is 0. The molecule has 43 heavy (non-hydrogen) atoms. The number of alkyl halides is 6. The molecule has 2 heterocycles. The van der Waals surface area contributed by atoms with Gasteiger partial charge in [0.2, 0.25) is 0 Å². The number of aryl methyl sites for hydroxylation is 1. The first-order chi connectivity index (χ1) is 20.2. The predicted molar refractivity (Wildman–Crippen MR) is 149 cm³/mol. The smallest absolute Gasteiger partial charge is 0.396 e. The molecule has 0 saturated carbocycles. The molecule has 1 amide bonds. The van der Waals surface area contributed by atoms with E-state index in [1.807, 2.05) is 13.8 Å². The lowest BCUT2D eigenvalue weighted by molar-refractivity contribution is -0.143. The lowest BCUT2D eigenvalue weighted by Crippen LogP contribution is -2.34. The first-order valence-electron chi connectivity index (χ1n) is 13.5. The molecule has 2 aromatic heterocycles. The van der Waals surface area contributed by atoms with E-state index in [2.05, 4.69) is 10.3 Å². The molecule has 0 aliphatic carbocycles. The Hall–Kier alpha value is -4.19. The fraction of sp³-hybridized carbons (Fsp3) is 0.323. The van der Waals surface area contributed by atoms with Crippen LogP contribution in [0.1, 0.15) is 52.5 Å². The lowest BCUT2D eigenvalue weighted by atomic mass is 9.96. The van der Waals surface area contributed by atoms with Crippen molar-refractivity contribution >= 4 is 16.8 Å². The van der Waals surface area contributed by atoms with E-state index in [0.717, 1.165) is 5.56 Å². The summed E-state index contributed by atoms with van der Waals surface area (Å²) in [6.07, 6.45) is -7.75. The molecule has 1 unspecified atom stereocenters. The fourth-order valence-electron chi connectivity index (χ4n) is 4.85. The van der Waals surface area contributed by atoms with Gasteiger partial charge in [-0.15, -0.1) is 0 Å². The number of aliphatic hydroxyl groups is 1. The molecule has 6 nitrogen and oxygen atoms in total. The molecular formula is C31H29F6N3O3. The van der Waals surface area contributed by atoms with Crippen molar-refractivity contribution < 1.29 is 36.2 Å². The summed E-state index contributed by atoms with van der Waals surface area (Å²) in [4.78, 5) is 31.8. The van der Waals surface area contributed by atoms with Crippen LogP contribution in [-0.2, 0) is 25.4 Å². The summed E-state index contributed by atoms with van der Waals surface area (Å²) in [5.74, 6) is -1.06. The van der Waals surface area contributed by atoms with E-state index in [0.29, 0.717) is 41.5 Å². The van der Waals surface area contributed by atoms with Gasteiger partial charge in [0, 0.05) is 36.8 Å². The van der Waals surface area contributed by atoms with Gasteiger partial charge in [0.15, 0.2) is 0 Å². The minimum absolute atomic E-state index is 0.00775. The summed E-state index contributed by atoms with van der Waals surface area (Å²) in [6, 6.07) is 11.4. The number of aromatic nitrogens is 2. The number of halogens is 6. The van der Waals surface area contributed by atoms with Crippen LogP contribution < -0.4 is 10.9 Å². The van der Waals surface area contributed by atoms with E-state index < -0.39 is 47.1 Å². The number of carbonyl (C=O) groups excluding carboxylic acids is 1. The Bertz CT molecular complexity index is 1640. The summed E-state index contributed by atoms with van der Waals surface area (Å²) in [5, 5.41) is 12.5. The molecule has 2 N–H and O–H groups in total. The molecule has 0 spiro atoms. The monoisotopic (exact) mass is 605 g/mol. The van der Waals surface area contributed by atoms with Crippen LogP contribution >= 0.6 is 0 Å². The Balaban J connectivity index is 1.87. The zero-order chi connectivity index (χ0) is 31.5. The molecule has 0 aliphatic heterocycles. The first kappa shape index (κ1) is 31.7. The van der Waals surface area contributed by atoms with Crippen molar-refractivity contribution in [2.24, 2.45) is 5.92 Å². The Morgan fingerprint density at radius 1 is 1.00 bits per heavy atom. The van der Waals surface area contributed by atoms with Crippen molar-refractivity contribution in [1.29, 1.82) is 0 Å². The van der Waals surface area contributed by atoms with E-state index in [4.69, 9.17) is 0 Å². The van der Waals surface area contributed by atoms with Crippen molar-refractivity contribution in [2.75, 3.05) is 6.61 Å². The van der Waals surface area contributed by atoms with Crippen molar-refractivity contribution in [3.63, 3.8) is 0 Å². The number of benzene rings is 2.